The number of hydrogen-bond donors (Lipinski definition) is 6. The van der Waals surface area contributed by atoms with Crippen LogP contribution in [0.25, 0.3) is 0 Å². The monoisotopic (exact) mass is 479 g/mol. The Hall–Kier alpha value is -1.45. The van der Waals surface area contributed by atoms with E-state index in [9.17, 15) is 31.8 Å². The van der Waals surface area contributed by atoms with Gasteiger partial charge in [-0.3, -0.25) is 9.11 Å². The van der Waals surface area contributed by atoms with Crippen LogP contribution in [0.5, 0.6) is 0 Å². The predicted molar refractivity (Wildman–Crippen MR) is 87.0 cm³/mol. The van der Waals surface area contributed by atoms with Crippen molar-refractivity contribution in [1.82, 2.24) is 4.72 Å². The highest BCUT2D eigenvalue weighted by Crippen LogP contribution is 2.33. The van der Waals surface area contributed by atoms with E-state index in [1.165, 1.54) is 0 Å². The van der Waals surface area contributed by atoms with E-state index < -0.39 is 81.6 Å². The molecule has 30 heavy (non-hydrogen) atoms. The van der Waals surface area contributed by atoms with Gasteiger partial charge in [0, 0.05) is 0 Å². The number of rotatable bonds is 7. The Kier molecular flexibility index (Phi) is 6.38. The van der Waals surface area contributed by atoms with E-state index in [1.54, 1.807) is 4.72 Å². The van der Waals surface area contributed by atoms with E-state index in [0.29, 0.717) is 6.08 Å². The summed E-state index contributed by atoms with van der Waals surface area (Å²) in [6.45, 7) is -0.239. The zero-order chi connectivity index (χ0) is 22.4. The van der Waals surface area contributed by atoms with E-state index in [0.717, 1.165) is 0 Å². The Morgan fingerprint density at radius 3 is 2.40 bits per heavy atom. The molecule has 6 N–H and O–H groups in total. The Labute approximate surface area is 168 Å². The molecule has 0 aromatic heterocycles. The summed E-state index contributed by atoms with van der Waals surface area (Å²) in [5, 5.41) is 29.6. The molecule has 18 heteroatoms. The van der Waals surface area contributed by atoms with E-state index in [-0.39, 0.29) is 6.61 Å². The molecule has 0 aromatic carbocycles. The van der Waals surface area contributed by atoms with Gasteiger partial charge < -0.3 is 34.3 Å². The molecule has 3 heterocycles. The Morgan fingerprint density at radius 1 is 1.17 bits per heavy atom. The minimum atomic E-state index is -5.17. The smallest absolute Gasteiger partial charge is 0.397 e. The summed E-state index contributed by atoms with van der Waals surface area (Å²) in [4.78, 5) is 11.2. The van der Waals surface area contributed by atoms with Crippen LogP contribution >= 0.6 is 0 Å². The summed E-state index contributed by atoms with van der Waals surface area (Å²) in [7, 11) is -9.99. The Balaban J connectivity index is 1.86. The summed E-state index contributed by atoms with van der Waals surface area (Å²) < 4.78 is 89.0. The molecule has 3 aliphatic heterocycles. The van der Waals surface area contributed by atoms with Crippen molar-refractivity contribution < 1.29 is 69.2 Å². The van der Waals surface area contributed by atoms with Gasteiger partial charge in [-0.2, -0.15) is 21.6 Å². The summed E-state index contributed by atoms with van der Waals surface area (Å²) in [5.74, 6) is -2.52. The summed E-state index contributed by atoms with van der Waals surface area (Å²) in [6, 6.07) is -1.58. The van der Waals surface area contributed by atoms with Gasteiger partial charge in [0.05, 0.1) is 6.61 Å². The SMILES string of the molecule is O=C(O)C1=C[C@H](O)[C@@H](OS(=O)(=O)O)[C@H](OC2[C@H]3CO[C@H](O3)[C@@H](NS(=O)(=O)O)[C@H]2O)O1. The standard InChI is InChI=1S/C12H17NO15S2/c14-3-1-4(10(16)17)25-12(8(3)28-30(21,22)23)27-9-5-2-24-11(26-5)6(7(9)15)13-29(18,19)20/h1,3,5-9,11-15H,2H2,(H,16,17)(H,18,19,20)(H,21,22,23)/t3-,5+,6-,7+,8+,9?,11+,12-/m0/s1. The molecule has 0 saturated carbocycles. The van der Waals surface area contributed by atoms with Crippen LogP contribution in [0, 0.1) is 0 Å². The number of carboxylic acids is 1. The lowest BCUT2D eigenvalue weighted by atomic mass is 9.99. The van der Waals surface area contributed by atoms with E-state index >= 15 is 0 Å². The molecule has 172 valence electrons. The first-order chi connectivity index (χ1) is 13.7. The first-order valence-electron chi connectivity index (χ1n) is 8.06. The fraction of sp³-hybridized carbons (Fsp3) is 0.750. The van der Waals surface area contributed by atoms with Crippen molar-refractivity contribution in [3.8, 4) is 0 Å². The van der Waals surface area contributed by atoms with Crippen LogP contribution in [-0.2, 0) is 48.6 Å². The van der Waals surface area contributed by atoms with Gasteiger partial charge in [0.2, 0.25) is 12.0 Å². The molecular weight excluding hydrogens is 462 g/mol. The second kappa shape index (κ2) is 8.24. The summed E-state index contributed by atoms with van der Waals surface area (Å²) in [6.07, 6.45) is -11.1. The van der Waals surface area contributed by atoms with Crippen LogP contribution < -0.4 is 4.72 Å². The quantitative estimate of drug-likeness (QED) is 0.191. The van der Waals surface area contributed by atoms with Crippen molar-refractivity contribution in [3.63, 3.8) is 0 Å². The van der Waals surface area contributed by atoms with Gasteiger partial charge in [0.15, 0.2) is 12.4 Å². The second-order valence-electron chi connectivity index (χ2n) is 6.39. The molecule has 2 bridgehead atoms. The van der Waals surface area contributed by atoms with Gasteiger partial charge in [-0.15, -0.1) is 0 Å². The van der Waals surface area contributed by atoms with Crippen LogP contribution in [0.2, 0.25) is 0 Å². The number of fused-ring (bicyclic) bond motifs is 2. The van der Waals surface area contributed by atoms with Gasteiger partial charge >= 0.3 is 26.7 Å². The van der Waals surface area contributed by atoms with Crippen molar-refractivity contribution in [3.05, 3.63) is 11.8 Å². The van der Waals surface area contributed by atoms with Gasteiger partial charge in [-0.1, -0.05) is 0 Å². The number of carbonyl (C=O) groups is 1. The van der Waals surface area contributed by atoms with Gasteiger partial charge in [-0.25, -0.2) is 8.98 Å². The maximum Gasteiger partial charge on any atom is 0.397 e. The average molecular weight is 479 g/mol. The van der Waals surface area contributed by atoms with Crippen molar-refractivity contribution >= 4 is 26.7 Å². The maximum atomic E-state index is 11.2. The lowest BCUT2D eigenvalue weighted by Gasteiger charge is -2.41. The minimum absolute atomic E-state index is 0.239. The summed E-state index contributed by atoms with van der Waals surface area (Å²) >= 11 is 0. The number of aliphatic hydroxyl groups excluding tert-OH is 2. The molecule has 3 aliphatic rings. The van der Waals surface area contributed by atoms with Crippen LogP contribution in [0.15, 0.2) is 11.8 Å². The zero-order valence-electron chi connectivity index (χ0n) is 14.5. The first-order valence-corrected chi connectivity index (χ1v) is 10.9. The summed E-state index contributed by atoms with van der Waals surface area (Å²) in [5.41, 5.74) is 0. The highest BCUT2D eigenvalue weighted by Gasteiger charge is 2.54. The van der Waals surface area contributed by atoms with Crippen LogP contribution in [0.4, 0.5) is 0 Å². The maximum absolute atomic E-state index is 11.2. The van der Waals surface area contributed by atoms with Crippen LogP contribution in [-0.4, -0.2) is 103 Å². The number of ether oxygens (including phenoxy) is 4. The predicted octanol–water partition coefficient (Wildman–Crippen LogP) is -3.88. The molecule has 0 aliphatic carbocycles. The van der Waals surface area contributed by atoms with Gasteiger partial charge in [-0.05, 0) is 6.08 Å². The third kappa shape index (κ3) is 5.23. The van der Waals surface area contributed by atoms with Gasteiger partial charge in [0.25, 0.3) is 0 Å². The number of carboxylic acid groups (broad SMARTS) is 1. The van der Waals surface area contributed by atoms with E-state index in [2.05, 4.69) is 4.18 Å². The lowest BCUT2D eigenvalue weighted by molar-refractivity contribution is -0.270. The molecule has 0 radical (unpaired) electrons. The van der Waals surface area contributed by atoms with E-state index in [1.807, 2.05) is 0 Å². The highest BCUT2D eigenvalue weighted by atomic mass is 32.3. The van der Waals surface area contributed by atoms with Crippen molar-refractivity contribution in [2.45, 2.75) is 49.1 Å². The molecular formula is C12H17NO15S2. The molecule has 8 atom stereocenters. The highest BCUT2D eigenvalue weighted by molar-refractivity contribution is 7.83. The molecule has 16 nitrogen and oxygen atoms in total. The third-order valence-electron chi connectivity index (χ3n) is 4.29. The molecule has 1 unspecified atom stereocenters. The number of aliphatic carboxylic acids is 1. The average Bonchev–Trinajstić information content (AvgIpc) is 3.02. The van der Waals surface area contributed by atoms with Crippen LogP contribution in [0.1, 0.15) is 0 Å². The van der Waals surface area contributed by atoms with Gasteiger partial charge in [0.1, 0.15) is 30.5 Å². The van der Waals surface area contributed by atoms with Crippen molar-refractivity contribution in [1.29, 1.82) is 0 Å². The molecule has 0 spiro atoms. The fourth-order valence-electron chi connectivity index (χ4n) is 3.12. The number of aliphatic hydroxyl groups is 2. The third-order valence-corrected chi connectivity index (χ3v) is 5.32. The van der Waals surface area contributed by atoms with Crippen molar-refractivity contribution in [2.75, 3.05) is 6.61 Å². The second-order valence-corrected chi connectivity index (χ2v) is 8.62. The molecule has 3 rings (SSSR count). The molecule has 2 saturated heterocycles. The topological polar surface area (TPSA) is 245 Å². The first kappa shape index (κ1) is 23.2. The largest absolute Gasteiger partial charge is 0.475 e. The molecule has 2 fully saturated rings. The molecule has 0 aromatic rings. The zero-order valence-corrected chi connectivity index (χ0v) is 16.2. The lowest BCUT2D eigenvalue weighted by Crippen LogP contribution is -2.62. The normalized spacial score (nSPS) is 39.3. The Morgan fingerprint density at radius 2 is 1.83 bits per heavy atom. The number of hydrogen-bond acceptors (Lipinski definition) is 12. The number of nitrogens with one attached hydrogen (secondary N) is 1. The fourth-order valence-corrected chi connectivity index (χ4v) is 4.20. The van der Waals surface area contributed by atoms with Crippen molar-refractivity contribution in [2.24, 2.45) is 0 Å². The Bertz CT molecular complexity index is 916. The minimum Gasteiger partial charge on any atom is -0.475 e. The van der Waals surface area contributed by atoms with E-state index in [4.69, 9.17) is 33.2 Å². The molecule has 0 amide bonds. The van der Waals surface area contributed by atoms with Crippen LogP contribution in [0.3, 0.4) is 0 Å².